The fourth-order valence-corrected chi connectivity index (χ4v) is 2.59. The molecule has 0 aliphatic rings. The Morgan fingerprint density at radius 2 is 1.96 bits per heavy atom. The molecule has 0 saturated carbocycles. The van der Waals surface area contributed by atoms with Crippen molar-refractivity contribution in [2.75, 3.05) is 0 Å². The Kier molecular flexibility index (Phi) is 5.09. The zero-order valence-electron chi connectivity index (χ0n) is 13.0. The quantitative estimate of drug-likeness (QED) is 0.630. The molecule has 0 fully saturated rings. The van der Waals surface area contributed by atoms with Crippen LogP contribution < -0.4 is 0 Å². The second-order valence-corrected chi connectivity index (χ2v) is 5.76. The Hall–Kier alpha value is -2.73. The highest BCUT2D eigenvalue weighted by molar-refractivity contribution is 6.33. The number of aromatic nitrogens is 1. The molecule has 0 radical (unpaired) electrons. The molecule has 0 aliphatic carbocycles. The smallest absolute Gasteiger partial charge is 0.256 e. The van der Waals surface area contributed by atoms with Crippen LogP contribution in [-0.4, -0.2) is 15.8 Å². The van der Waals surface area contributed by atoms with E-state index in [9.17, 15) is 13.6 Å². The van der Waals surface area contributed by atoms with Crippen molar-refractivity contribution in [3.05, 3.63) is 88.6 Å². The van der Waals surface area contributed by atoms with Gasteiger partial charge in [0.05, 0.1) is 23.4 Å². The van der Waals surface area contributed by atoms with Gasteiger partial charge in [0.25, 0.3) is 5.91 Å². The lowest BCUT2D eigenvalue weighted by Gasteiger charge is -2.22. The molecule has 4 nitrogen and oxygen atoms in total. The number of pyridine rings is 1. The number of benzene rings is 1. The number of nitrogens with zero attached hydrogens (tertiary/aromatic N) is 2. The molecule has 0 bridgehead atoms. The Morgan fingerprint density at radius 3 is 2.64 bits per heavy atom. The lowest BCUT2D eigenvalue weighted by molar-refractivity contribution is 0.0717. The van der Waals surface area contributed by atoms with Crippen LogP contribution in [0.3, 0.4) is 0 Å². The minimum atomic E-state index is -1.13. The molecule has 2 heterocycles. The van der Waals surface area contributed by atoms with E-state index < -0.39 is 17.5 Å². The maximum Gasteiger partial charge on any atom is 0.256 e. The summed E-state index contributed by atoms with van der Waals surface area (Å²) in [5, 5.41) is -0.153. The number of carbonyl (C=O) groups is 1. The Balaban J connectivity index is 1.92. The fourth-order valence-electron chi connectivity index (χ4n) is 2.36. The molecule has 25 heavy (non-hydrogen) atoms. The highest BCUT2D eigenvalue weighted by atomic mass is 35.5. The number of furan rings is 1. The first kappa shape index (κ1) is 17.1. The monoisotopic (exact) mass is 362 g/mol. The van der Waals surface area contributed by atoms with Crippen LogP contribution in [0, 0.1) is 11.6 Å². The molecule has 3 rings (SSSR count). The van der Waals surface area contributed by atoms with Gasteiger partial charge in [-0.1, -0.05) is 17.7 Å². The topological polar surface area (TPSA) is 46.3 Å². The molecular weight excluding hydrogens is 350 g/mol. The summed E-state index contributed by atoms with van der Waals surface area (Å²) in [6.07, 6.45) is 4.73. The van der Waals surface area contributed by atoms with Crippen molar-refractivity contribution in [1.29, 1.82) is 0 Å². The van der Waals surface area contributed by atoms with Crippen LogP contribution >= 0.6 is 11.6 Å². The van der Waals surface area contributed by atoms with Crippen LogP contribution in [0.1, 0.15) is 21.7 Å². The highest BCUT2D eigenvalue weighted by Gasteiger charge is 2.22. The van der Waals surface area contributed by atoms with E-state index in [1.807, 2.05) is 6.07 Å². The van der Waals surface area contributed by atoms with Gasteiger partial charge in [0.2, 0.25) is 0 Å². The lowest BCUT2D eigenvalue weighted by Crippen LogP contribution is -2.30. The van der Waals surface area contributed by atoms with Crippen LogP contribution in [0.5, 0.6) is 0 Å². The summed E-state index contributed by atoms with van der Waals surface area (Å²) in [7, 11) is 0. The summed E-state index contributed by atoms with van der Waals surface area (Å²) in [6, 6.07) is 8.57. The first-order chi connectivity index (χ1) is 12.0. The number of hydrogen-bond acceptors (Lipinski definition) is 3. The molecular formula is C18H13ClF2N2O2. The normalized spacial score (nSPS) is 10.7. The van der Waals surface area contributed by atoms with E-state index in [1.54, 1.807) is 30.6 Å². The third kappa shape index (κ3) is 4.03. The molecule has 0 aliphatic heterocycles. The molecule has 2 aromatic heterocycles. The predicted molar refractivity (Wildman–Crippen MR) is 87.9 cm³/mol. The van der Waals surface area contributed by atoms with Gasteiger partial charge in [-0.3, -0.25) is 9.78 Å². The van der Waals surface area contributed by atoms with Crippen molar-refractivity contribution in [2.45, 2.75) is 13.1 Å². The summed E-state index contributed by atoms with van der Waals surface area (Å²) in [6.45, 7) is 0.360. The fraction of sp³-hybridized carbons (Fsp3) is 0.111. The third-order valence-electron chi connectivity index (χ3n) is 3.55. The molecule has 0 atom stereocenters. The van der Waals surface area contributed by atoms with Gasteiger partial charge in [0.15, 0.2) is 11.6 Å². The number of halogens is 3. The SMILES string of the molecule is O=C(c1cc(F)c(F)cc1Cl)N(Cc1cccnc1)Cc1ccco1. The van der Waals surface area contributed by atoms with Gasteiger partial charge >= 0.3 is 0 Å². The maximum absolute atomic E-state index is 13.6. The van der Waals surface area contributed by atoms with Crippen LogP contribution in [0.15, 0.2) is 59.5 Å². The van der Waals surface area contributed by atoms with Crippen molar-refractivity contribution >= 4 is 17.5 Å². The third-order valence-corrected chi connectivity index (χ3v) is 3.86. The van der Waals surface area contributed by atoms with E-state index >= 15 is 0 Å². The summed E-state index contributed by atoms with van der Waals surface area (Å²) >= 11 is 5.94. The van der Waals surface area contributed by atoms with Crippen LogP contribution in [0.2, 0.25) is 5.02 Å². The van der Waals surface area contributed by atoms with Crippen molar-refractivity contribution in [3.63, 3.8) is 0 Å². The minimum Gasteiger partial charge on any atom is -0.467 e. The predicted octanol–water partition coefficient (Wildman–Crippen LogP) is 4.45. The number of hydrogen-bond donors (Lipinski definition) is 0. The molecule has 0 saturated heterocycles. The van der Waals surface area contributed by atoms with Gasteiger partial charge in [-0.05, 0) is 35.9 Å². The van der Waals surface area contributed by atoms with Gasteiger partial charge in [-0.2, -0.15) is 0 Å². The Bertz CT molecular complexity index is 870. The maximum atomic E-state index is 13.6. The van der Waals surface area contributed by atoms with Gasteiger partial charge in [0, 0.05) is 18.9 Å². The van der Waals surface area contributed by atoms with Crippen molar-refractivity contribution < 1.29 is 18.0 Å². The molecule has 1 amide bonds. The molecule has 128 valence electrons. The van der Waals surface area contributed by atoms with Crippen LogP contribution in [0.4, 0.5) is 8.78 Å². The molecule has 7 heteroatoms. The molecule has 0 unspecified atom stereocenters. The summed E-state index contributed by atoms with van der Waals surface area (Å²) in [4.78, 5) is 18.3. The van der Waals surface area contributed by atoms with E-state index in [1.165, 1.54) is 11.2 Å². The second-order valence-electron chi connectivity index (χ2n) is 5.35. The Labute approximate surface area is 147 Å². The van der Waals surface area contributed by atoms with E-state index in [0.29, 0.717) is 5.76 Å². The number of rotatable bonds is 5. The van der Waals surface area contributed by atoms with Gasteiger partial charge in [0.1, 0.15) is 5.76 Å². The number of carbonyl (C=O) groups excluding carboxylic acids is 1. The van der Waals surface area contributed by atoms with E-state index in [-0.39, 0.29) is 23.7 Å². The van der Waals surface area contributed by atoms with Gasteiger partial charge in [-0.25, -0.2) is 8.78 Å². The Morgan fingerprint density at radius 1 is 1.16 bits per heavy atom. The van der Waals surface area contributed by atoms with Gasteiger partial charge in [-0.15, -0.1) is 0 Å². The molecule has 1 aromatic carbocycles. The minimum absolute atomic E-state index is 0.115. The average molecular weight is 363 g/mol. The zero-order chi connectivity index (χ0) is 17.8. The van der Waals surface area contributed by atoms with Gasteiger partial charge < -0.3 is 9.32 Å². The second kappa shape index (κ2) is 7.44. The molecule has 3 aromatic rings. The van der Waals surface area contributed by atoms with E-state index in [2.05, 4.69) is 4.98 Å². The van der Waals surface area contributed by atoms with Crippen molar-refractivity contribution in [2.24, 2.45) is 0 Å². The van der Waals surface area contributed by atoms with Crippen LogP contribution in [0.25, 0.3) is 0 Å². The molecule has 0 spiro atoms. The van der Waals surface area contributed by atoms with Crippen molar-refractivity contribution in [3.8, 4) is 0 Å². The number of amides is 1. The van der Waals surface area contributed by atoms with Crippen molar-refractivity contribution in [1.82, 2.24) is 9.88 Å². The molecule has 0 N–H and O–H groups in total. The summed E-state index contributed by atoms with van der Waals surface area (Å²) in [5.41, 5.74) is 0.664. The first-order valence-corrected chi connectivity index (χ1v) is 7.77. The summed E-state index contributed by atoms with van der Waals surface area (Å²) < 4.78 is 32.1. The van der Waals surface area contributed by atoms with E-state index in [4.69, 9.17) is 16.0 Å². The largest absolute Gasteiger partial charge is 0.467 e. The zero-order valence-corrected chi connectivity index (χ0v) is 13.7. The van der Waals surface area contributed by atoms with Crippen LogP contribution in [-0.2, 0) is 13.1 Å². The first-order valence-electron chi connectivity index (χ1n) is 7.39. The van der Waals surface area contributed by atoms with E-state index in [0.717, 1.165) is 17.7 Å². The lowest BCUT2D eigenvalue weighted by atomic mass is 10.1. The average Bonchev–Trinajstić information content (AvgIpc) is 3.11. The standard InChI is InChI=1S/C18H13ClF2N2O2/c19-15-8-17(21)16(20)7-14(15)18(24)23(11-13-4-2-6-25-13)10-12-3-1-5-22-9-12/h1-9H,10-11H2. The highest BCUT2D eigenvalue weighted by Crippen LogP contribution is 2.23. The summed E-state index contributed by atoms with van der Waals surface area (Å²) in [5.74, 6) is -2.22.